The summed E-state index contributed by atoms with van der Waals surface area (Å²) in [5.74, 6) is -4.31. The highest BCUT2D eigenvalue weighted by molar-refractivity contribution is 6.44. The molecular weight excluding hydrogens is 188 g/mol. The molecule has 12 heavy (non-hydrogen) atoms. The van der Waals surface area contributed by atoms with Gasteiger partial charge in [-0.05, 0) is 6.08 Å². The third-order valence-electron chi connectivity index (χ3n) is 0.816. The minimum atomic E-state index is -1.66. The number of carboxylic acid groups (broad SMARTS) is 2. The lowest BCUT2D eigenvalue weighted by Crippen LogP contribution is -2.26. The summed E-state index contributed by atoms with van der Waals surface area (Å²) in [4.78, 5) is 30.2. The van der Waals surface area contributed by atoms with Gasteiger partial charge in [0.25, 0.3) is 0 Å². The van der Waals surface area contributed by atoms with Gasteiger partial charge in [-0.1, -0.05) is 11.6 Å². The van der Waals surface area contributed by atoms with Gasteiger partial charge < -0.3 is 19.8 Å². The monoisotopic (exact) mass is 190 g/mol. The summed E-state index contributed by atoms with van der Waals surface area (Å²) in [6.07, 6.45) is -0.630. The number of rotatable bonds is 4. The first-order valence-electron chi connectivity index (χ1n) is 2.74. The van der Waals surface area contributed by atoms with Crippen molar-refractivity contribution in [2.24, 2.45) is 0 Å². The maximum Gasteiger partial charge on any atom is 0.179 e. The Bertz CT molecular complexity index is 255. The van der Waals surface area contributed by atoms with Gasteiger partial charge in [0.15, 0.2) is 5.78 Å². The zero-order valence-electron chi connectivity index (χ0n) is 5.70. The molecule has 0 radical (unpaired) electrons. The summed E-state index contributed by atoms with van der Waals surface area (Å²) in [6.45, 7) is 0. The smallest absolute Gasteiger partial charge is 0.179 e. The topological polar surface area (TPSA) is 97.3 Å². The van der Waals surface area contributed by atoms with Crippen LogP contribution in [0.15, 0.2) is 11.1 Å². The van der Waals surface area contributed by atoms with E-state index in [0.29, 0.717) is 6.08 Å². The highest BCUT2D eigenvalue weighted by Gasteiger charge is 2.06. The highest BCUT2D eigenvalue weighted by Crippen LogP contribution is 2.04. The first-order chi connectivity index (χ1) is 5.43. The van der Waals surface area contributed by atoms with E-state index in [4.69, 9.17) is 11.6 Å². The molecule has 66 valence electrons. The third-order valence-corrected chi connectivity index (χ3v) is 1.14. The highest BCUT2D eigenvalue weighted by atomic mass is 35.5. The van der Waals surface area contributed by atoms with Crippen molar-refractivity contribution in [3.63, 3.8) is 0 Å². The Hall–Kier alpha value is -1.36. The van der Waals surface area contributed by atoms with E-state index in [1.807, 2.05) is 0 Å². The predicted molar refractivity (Wildman–Crippen MR) is 33.6 cm³/mol. The number of allylic oxidation sites excluding steroid dienone is 1. The van der Waals surface area contributed by atoms with E-state index >= 15 is 0 Å². The molecule has 5 nitrogen and oxygen atoms in total. The lowest BCUT2D eigenvalue weighted by Gasteiger charge is -2.00. The summed E-state index contributed by atoms with van der Waals surface area (Å²) >= 11 is 5.07. The first kappa shape index (κ1) is 10.6. The van der Waals surface area contributed by atoms with Crippen LogP contribution in [0.5, 0.6) is 0 Å². The van der Waals surface area contributed by atoms with Crippen LogP contribution in [-0.2, 0) is 14.4 Å². The SMILES string of the molecule is O=C([O-])/C=C(\Cl)C(=O)CC(=O)[O-]. The molecule has 0 aromatic carbocycles. The van der Waals surface area contributed by atoms with Gasteiger partial charge in [0.2, 0.25) is 0 Å². The molecule has 0 N–H and O–H groups in total. The van der Waals surface area contributed by atoms with Crippen molar-refractivity contribution in [2.45, 2.75) is 6.42 Å². The fourth-order valence-electron chi connectivity index (χ4n) is 0.399. The van der Waals surface area contributed by atoms with E-state index in [-0.39, 0.29) is 0 Å². The average molecular weight is 191 g/mol. The molecule has 0 spiro atoms. The second-order valence-corrected chi connectivity index (χ2v) is 2.19. The zero-order valence-corrected chi connectivity index (χ0v) is 6.46. The van der Waals surface area contributed by atoms with E-state index in [1.165, 1.54) is 0 Å². The molecule has 0 bridgehead atoms. The number of hydrogen-bond acceptors (Lipinski definition) is 5. The van der Waals surface area contributed by atoms with Gasteiger partial charge >= 0.3 is 0 Å². The van der Waals surface area contributed by atoms with Crippen molar-refractivity contribution in [3.8, 4) is 0 Å². The van der Waals surface area contributed by atoms with Crippen LogP contribution in [0.3, 0.4) is 0 Å². The van der Waals surface area contributed by atoms with Crippen LogP contribution in [0.1, 0.15) is 6.42 Å². The minimum Gasteiger partial charge on any atom is -0.550 e. The van der Waals surface area contributed by atoms with E-state index in [9.17, 15) is 24.6 Å². The molecule has 0 atom stereocenters. The molecule has 6 heteroatoms. The molecule has 0 aromatic rings. The number of aliphatic carboxylic acids is 2. The van der Waals surface area contributed by atoms with Crippen molar-refractivity contribution in [2.75, 3.05) is 0 Å². The van der Waals surface area contributed by atoms with Crippen LogP contribution in [0.4, 0.5) is 0 Å². The van der Waals surface area contributed by atoms with Crippen LogP contribution in [0, 0.1) is 0 Å². The van der Waals surface area contributed by atoms with E-state index < -0.39 is 29.2 Å². The molecule has 0 saturated heterocycles. The molecule has 0 fully saturated rings. The fraction of sp³-hybridized carbons (Fsp3) is 0.167. The van der Waals surface area contributed by atoms with Crippen molar-refractivity contribution in [3.05, 3.63) is 11.1 Å². The van der Waals surface area contributed by atoms with Gasteiger partial charge in [0.05, 0.1) is 17.4 Å². The number of hydrogen-bond donors (Lipinski definition) is 0. The summed E-state index contributed by atoms with van der Waals surface area (Å²) in [6, 6.07) is 0. The van der Waals surface area contributed by atoms with Crippen molar-refractivity contribution >= 4 is 29.3 Å². The Morgan fingerprint density at radius 3 is 2.08 bits per heavy atom. The van der Waals surface area contributed by atoms with Crippen molar-refractivity contribution in [1.29, 1.82) is 0 Å². The largest absolute Gasteiger partial charge is 0.550 e. The Balaban J connectivity index is 4.29. The van der Waals surface area contributed by atoms with Crippen molar-refractivity contribution < 1.29 is 24.6 Å². The molecule has 0 rings (SSSR count). The summed E-state index contributed by atoms with van der Waals surface area (Å²) in [7, 11) is 0. The van der Waals surface area contributed by atoms with Crippen LogP contribution in [0.2, 0.25) is 0 Å². The van der Waals surface area contributed by atoms with E-state index in [2.05, 4.69) is 0 Å². The van der Waals surface area contributed by atoms with Crippen LogP contribution >= 0.6 is 11.6 Å². The fourth-order valence-corrected chi connectivity index (χ4v) is 0.555. The van der Waals surface area contributed by atoms with E-state index in [1.54, 1.807) is 0 Å². The molecule has 0 heterocycles. The molecule has 0 unspecified atom stereocenters. The Morgan fingerprint density at radius 2 is 1.75 bits per heavy atom. The molecule has 0 aliphatic heterocycles. The predicted octanol–water partition coefficient (Wildman–Crippen LogP) is -2.43. The van der Waals surface area contributed by atoms with Crippen LogP contribution < -0.4 is 10.2 Å². The molecular formula is C6H3ClO5-2. The number of ketones is 1. The maximum atomic E-state index is 10.6. The second-order valence-electron chi connectivity index (χ2n) is 1.78. The van der Waals surface area contributed by atoms with Gasteiger partial charge in [-0.2, -0.15) is 0 Å². The quantitative estimate of drug-likeness (QED) is 0.363. The minimum absolute atomic E-state index is 0.312. The molecule has 0 aliphatic rings. The molecule has 0 saturated carbocycles. The van der Waals surface area contributed by atoms with Gasteiger partial charge in [0.1, 0.15) is 0 Å². The average Bonchev–Trinajstić information content (AvgIpc) is 1.84. The van der Waals surface area contributed by atoms with Gasteiger partial charge in [0, 0.05) is 5.97 Å². The van der Waals surface area contributed by atoms with Gasteiger partial charge in [-0.3, -0.25) is 4.79 Å². The van der Waals surface area contributed by atoms with Crippen LogP contribution in [0.25, 0.3) is 0 Å². The number of halogens is 1. The maximum absolute atomic E-state index is 10.6. The Morgan fingerprint density at radius 1 is 1.25 bits per heavy atom. The second kappa shape index (κ2) is 4.50. The first-order valence-corrected chi connectivity index (χ1v) is 3.12. The number of carboxylic acids is 2. The van der Waals surface area contributed by atoms with Gasteiger partial charge in [-0.15, -0.1) is 0 Å². The van der Waals surface area contributed by atoms with Gasteiger partial charge in [-0.25, -0.2) is 0 Å². The lowest BCUT2D eigenvalue weighted by atomic mass is 10.2. The molecule has 0 aromatic heterocycles. The number of Topliss-reactive ketones (excluding diaryl/α,β-unsaturated/α-hetero) is 1. The third kappa shape index (κ3) is 4.45. The van der Waals surface area contributed by atoms with E-state index in [0.717, 1.165) is 0 Å². The molecule has 0 amide bonds. The standard InChI is InChI=1S/C6H5ClO5/c7-3(1-5(9)10)4(8)2-6(11)12/h1H,2H2,(H,9,10)(H,11,12)/p-2/b3-1-. The normalized spacial score (nSPS) is 10.9. The summed E-state index contributed by atoms with van der Waals surface area (Å²) in [5.41, 5.74) is 0. The van der Waals surface area contributed by atoms with Crippen LogP contribution in [-0.4, -0.2) is 17.7 Å². The lowest BCUT2D eigenvalue weighted by molar-refractivity contribution is -0.304. The summed E-state index contributed by atoms with van der Waals surface area (Å²) in [5, 5.41) is 18.9. The summed E-state index contributed by atoms with van der Waals surface area (Å²) < 4.78 is 0. The Kier molecular flexibility index (Phi) is 3.99. The zero-order chi connectivity index (χ0) is 9.72. The number of carbonyl (C=O) groups is 3. The molecule has 0 aliphatic carbocycles. The Labute approximate surface area is 72.3 Å². The van der Waals surface area contributed by atoms with Crippen molar-refractivity contribution in [1.82, 2.24) is 0 Å². The number of carbonyl (C=O) groups excluding carboxylic acids is 3.